The molecule has 15 heavy (non-hydrogen) atoms. The van der Waals surface area contributed by atoms with E-state index in [1.807, 2.05) is 6.92 Å². The largest absolute Gasteiger partial charge is 0.392 e. The number of rotatable bonds is 4. The lowest BCUT2D eigenvalue weighted by atomic mass is 9.76. The van der Waals surface area contributed by atoms with Gasteiger partial charge in [-0.25, -0.2) is 0 Å². The Morgan fingerprint density at radius 2 is 2.00 bits per heavy atom. The molecule has 0 bridgehead atoms. The first-order chi connectivity index (χ1) is 7.00. The Balaban J connectivity index is 2.59. The summed E-state index contributed by atoms with van der Waals surface area (Å²) in [6.07, 6.45) is 4.61. The number of aliphatic hydroxyl groups is 1. The van der Waals surface area contributed by atoms with Gasteiger partial charge < -0.3 is 10.8 Å². The van der Waals surface area contributed by atoms with Crippen molar-refractivity contribution in [3.8, 4) is 0 Å². The maximum atomic E-state index is 9.43. The van der Waals surface area contributed by atoms with Gasteiger partial charge in [0.15, 0.2) is 0 Å². The maximum Gasteiger partial charge on any atom is 0.0639 e. The number of likely N-dealkylation sites (N-methyl/N-ethyl adjacent to an activating group) is 1. The van der Waals surface area contributed by atoms with Crippen LogP contribution in [-0.4, -0.2) is 41.8 Å². The average Bonchev–Trinajstić information content (AvgIpc) is 2.18. The van der Waals surface area contributed by atoms with Gasteiger partial charge in [-0.3, -0.25) is 4.90 Å². The molecule has 0 radical (unpaired) electrons. The second-order valence-corrected chi connectivity index (χ2v) is 5.34. The molecule has 3 N–H and O–H groups in total. The van der Waals surface area contributed by atoms with E-state index < -0.39 is 0 Å². The van der Waals surface area contributed by atoms with Gasteiger partial charge >= 0.3 is 0 Å². The van der Waals surface area contributed by atoms with E-state index in [2.05, 4.69) is 18.9 Å². The molecule has 0 aromatic carbocycles. The van der Waals surface area contributed by atoms with E-state index in [0.29, 0.717) is 6.54 Å². The van der Waals surface area contributed by atoms with Crippen LogP contribution in [0.5, 0.6) is 0 Å². The fraction of sp³-hybridized carbons (Fsp3) is 1.00. The molecular weight excluding hydrogens is 188 g/mol. The van der Waals surface area contributed by atoms with Crippen molar-refractivity contribution >= 4 is 0 Å². The van der Waals surface area contributed by atoms with Crippen LogP contribution in [0.4, 0.5) is 0 Å². The Hall–Kier alpha value is -0.120. The third-order valence-electron chi connectivity index (χ3n) is 3.93. The van der Waals surface area contributed by atoms with Crippen LogP contribution in [0.25, 0.3) is 0 Å². The highest BCUT2D eigenvalue weighted by Crippen LogP contribution is 2.35. The first kappa shape index (κ1) is 12.9. The van der Waals surface area contributed by atoms with Crippen molar-refractivity contribution in [1.29, 1.82) is 0 Å². The van der Waals surface area contributed by atoms with E-state index in [4.69, 9.17) is 5.73 Å². The van der Waals surface area contributed by atoms with Gasteiger partial charge in [0.1, 0.15) is 0 Å². The summed E-state index contributed by atoms with van der Waals surface area (Å²) in [7, 11) is 2.09. The van der Waals surface area contributed by atoms with Crippen LogP contribution < -0.4 is 5.73 Å². The minimum absolute atomic E-state index is 0.142. The summed E-state index contributed by atoms with van der Waals surface area (Å²) in [5.74, 6) is 0.838. The van der Waals surface area contributed by atoms with E-state index in [9.17, 15) is 5.11 Å². The zero-order valence-corrected chi connectivity index (χ0v) is 10.4. The molecule has 0 amide bonds. The molecule has 0 saturated heterocycles. The minimum atomic E-state index is -0.266. The van der Waals surface area contributed by atoms with Crippen LogP contribution in [0.2, 0.25) is 0 Å². The molecule has 1 unspecified atom stereocenters. The fourth-order valence-electron chi connectivity index (χ4n) is 2.63. The quantitative estimate of drug-likeness (QED) is 0.739. The van der Waals surface area contributed by atoms with Crippen molar-refractivity contribution in [3.05, 3.63) is 0 Å². The summed E-state index contributed by atoms with van der Waals surface area (Å²) < 4.78 is 0. The SMILES string of the molecule is CC(O)CN(C)C1(CN)CCC(C)CC1. The number of nitrogens with two attached hydrogens (primary N) is 1. The van der Waals surface area contributed by atoms with E-state index in [1.165, 1.54) is 25.7 Å². The Bertz CT molecular complexity index is 186. The van der Waals surface area contributed by atoms with Gasteiger partial charge in [-0.15, -0.1) is 0 Å². The molecule has 1 rings (SSSR count). The zero-order valence-electron chi connectivity index (χ0n) is 10.4. The molecule has 1 aliphatic rings. The number of nitrogens with zero attached hydrogens (tertiary/aromatic N) is 1. The molecule has 3 heteroatoms. The van der Waals surface area contributed by atoms with E-state index >= 15 is 0 Å². The van der Waals surface area contributed by atoms with Crippen LogP contribution in [0.15, 0.2) is 0 Å². The highest BCUT2D eigenvalue weighted by atomic mass is 16.3. The van der Waals surface area contributed by atoms with Crippen molar-refractivity contribution in [2.24, 2.45) is 11.7 Å². The normalized spacial score (nSPS) is 34.4. The first-order valence-electron chi connectivity index (χ1n) is 6.09. The van der Waals surface area contributed by atoms with Gasteiger partial charge in [0, 0.05) is 18.6 Å². The van der Waals surface area contributed by atoms with Crippen LogP contribution in [0, 0.1) is 5.92 Å². The van der Waals surface area contributed by atoms with Crippen LogP contribution in [0.3, 0.4) is 0 Å². The second-order valence-electron chi connectivity index (χ2n) is 5.34. The molecule has 90 valence electrons. The lowest BCUT2D eigenvalue weighted by Gasteiger charge is -2.46. The van der Waals surface area contributed by atoms with Crippen molar-refractivity contribution in [2.75, 3.05) is 20.1 Å². The van der Waals surface area contributed by atoms with Crippen LogP contribution in [0.1, 0.15) is 39.5 Å². The minimum Gasteiger partial charge on any atom is -0.392 e. The molecule has 0 aromatic heterocycles. The zero-order chi connectivity index (χ0) is 11.5. The van der Waals surface area contributed by atoms with Crippen molar-refractivity contribution in [3.63, 3.8) is 0 Å². The summed E-state index contributed by atoms with van der Waals surface area (Å²) in [5, 5.41) is 9.43. The Labute approximate surface area is 93.6 Å². The lowest BCUT2D eigenvalue weighted by Crippen LogP contribution is -2.55. The molecule has 0 spiro atoms. The van der Waals surface area contributed by atoms with Gasteiger partial charge in [-0.2, -0.15) is 0 Å². The van der Waals surface area contributed by atoms with Crippen molar-refractivity contribution < 1.29 is 5.11 Å². The maximum absolute atomic E-state index is 9.43. The summed E-state index contributed by atoms with van der Waals surface area (Å²) in [5.41, 5.74) is 6.08. The molecule has 3 nitrogen and oxygen atoms in total. The Kier molecular flexibility index (Phi) is 4.56. The van der Waals surface area contributed by atoms with Gasteiger partial charge in [-0.1, -0.05) is 6.92 Å². The molecule has 1 fully saturated rings. The topological polar surface area (TPSA) is 49.5 Å². The second kappa shape index (κ2) is 5.28. The molecule has 0 heterocycles. The van der Waals surface area contributed by atoms with Crippen LogP contribution >= 0.6 is 0 Å². The predicted molar refractivity (Wildman–Crippen MR) is 63.7 cm³/mol. The van der Waals surface area contributed by atoms with Gasteiger partial charge in [0.2, 0.25) is 0 Å². The number of hydrogen-bond donors (Lipinski definition) is 2. The third-order valence-corrected chi connectivity index (χ3v) is 3.93. The number of β-amino-alcohol motifs (C(OH)–C–C–N with tert-alkyl or cyclic N) is 1. The van der Waals surface area contributed by atoms with Gasteiger partial charge in [-0.05, 0) is 45.6 Å². The highest BCUT2D eigenvalue weighted by molar-refractivity contribution is 4.94. The van der Waals surface area contributed by atoms with E-state index in [-0.39, 0.29) is 11.6 Å². The smallest absolute Gasteiger partial charge is 0.0639 e. The molecular formula is C12H26N2O. The van der Waals surface area contributed by atoms with Gasteiger partial charge in [0.25, 0.3) is 0 Å². The standard InChI is InChI=1S/C12H26N2O/c1-10-4-6-12(9-13,7-5-10)14(3)8-11(2)15/h10-11,15H,4-9,13H2,1-3H3. The molecule has 0 aliphatic heterocycles. The van der Waals surface area contributed by atoms with Crippen LogP contribution in [-0.2, 0) is 0 Å². The Morgan fingerprint density at radius 3 is 2.40 bits per heavy atom. The summed E-state index contributed by atoms with van der Waals surface area (Å²) >= 11 is 0. The fourth-order valence-corrected chi connectivity index (χ4v) is 2.63. The third kappa shape index (κ3) is 3.16. The van der Waals surface area contributed by atoms with Crippen molar-refractivity contribution in [2.45, 2.75) is 51.2 Å². The Morgan fingerprint density at radius 1 is 1.47 bits per heavy atom. The molecule has 0 aromatic rings. The lowest BCUT2D eigenvalue weighted by molar-refractivity contribution is 0.0315. The predicted octanol–water partition coefficient (Wildman–Crippen LogP) is 1.21. The monoisotopic (exact) mass is 214 g/mol. The average molecular weight is 214 g/mol. The summed E-state index contributed by atoms with van der Waals surface area (Å²) in [4.78, 5) is 2.27. The molecule has 1 aliphatic carbocycles. The number of hydrogen-bond acceptors (Lipinski definition) is 3. The van der Waals surface area contributed by atoms with E-state index in [1.54, 1.807) is 0 Å². The van der Waals surface area contributed by atoms with Gasteiger partial charge in [0.05, 0.1) is 6.10 Å². The molecule has 1 atom stereocenters. The summed E-state index contributed by atoms with van der Waals surface area (Å²) in [6.45, 7) is 5.59. The highest BCUT2D eigenvalue weighted by Gasteiger charge is 2.36. The van der Waals surface area contributed by atoms with E-state index in [0.717, 1.165) is 12.5 Å². The summed E-state index contributed by atoms with van der Waals surface area (Å²) in [6, 6.07) is 0. The molecule has 1 saturated carbocycles. The van der Waals surface area contributed by atoms with Crippen molar-refractivity contribution in [1.82, 2.24) is 4.90 Å². The number of aliphatic hydroxyl groups excluding tert-OH is 1. The first-order valence-corrected chi connectivity index (χ1v) is 6.09.